The number of carbonyl (C=O) groups excluding carboxylic acids is 1. The monoisotopic (exact) mass is 264 g/mol. The average Bonchev–Trinajstić information content (AvgIpc) is 2.33. The zero-order valence-electron chi connectivity index (χ0n) is 12.3. The summed E-state index contributed by atoms with van der Waals surface area (Å²) < 4.78 is 5.06. The predicted octanol–water partition coefficient (Wildman–Crippen LogP) is 2.32. The molecule has 0 radical (unpaired) electrons. The van der Waals surface area contributed by atoms with Gasteiger partial charge in [-0.25, -0.2) is 0 Å². The second kappa shape index (κ2) is 7.14. The van der Waals surface area contributed by atoms with Gasteiger partial charge in [0.2, 0.25) is 0 Å². The molecule has 0 atom stereocenters. The Balaban J connectivity index is 2.90. The highest BCUT2D eigenvalue weighted by molar-refractivity contribution is 5.99. The van der Waals surface area contributed by atoms with Crippen molar-refractivity contribution in [3.05, 3.63) is 29.3 Å². The van der Waals surface area contributed by atoms with E-state index in [-0.39, 0.29) is 5.91 Å². The normalized spacial score (nSPS) is 10.8. The summed E-state index contributed by atoms with van der Waals surface area (Å²) in [6.45, 7) is 7.96. The van der Waals surface area contributed by atoms with Crippen LogP contribution >= 0.6 is 0 Å². The van der Waals surface area contributed by atoms with E-state index < -0.39 is 0 Å². The second-order valence-electron chi connectivity index (χ2n) is 5.23. The summed E-state index contributed by atoms with van der Waals surface area (Å²) in [5.41, 5.74) is 8.11. The van der Waals surface area contributed by atoms with Crippen LogP contribution in [-0.4, -0.2) is 37.6 Å². The lowest BCUT2D eigenvalue weighted by Crippen LogP contribution is -2.37. The van der Waals surface area contributed by atoms with Crippen LogP contribution in [0.2, 0.25) is 0 Å². The minimum atomic E-state index is -0.0248. The molecule has 1 amide bonds. The molecule has 106 valence electrons. The molecule has 0 aliphatic carbocycles. The van der Waals surface area contributed by atoms with Crippen LogP contribution in [0.15, 0.2) is 18.2 Å². The summed E-state index contributed by atoms with van der Waals surface area (Å²) >= 11 is 0. The van der Waals surface area contributed by atoms with Crippen LogP contribution in [0.3, 0.4) is 0 Å². The molecule has 0 unspecified atom stereocenters. The number of hydrogen-bond acceptors (Lipinski definition) is 3. The second-order valence-corrected chi connectivity index (χ2v) is 5.23. The number of rotatable bonds is 6. The van der Waals surface area contributed by atoms with E-state index in [2.05, 4.69) is 13.8 Å². The summed E-state index contributed by atoms with van der Waals surface area (Å²) in [7, 11) is 1.64. The van der Waals surface area contributed by atoms with Crippen molar-refractivity contribution in [3.8, 4) is 0 Å². The predicted molar refractivity (Wildman–Crippen MR) is 78.2 cm³/mol. The third-order valence-electron chi connectivity index (χ3n) is 2.88. The lowest BCUT2D eigenvalue weighted by Gasteiger charge is -2.25. The van der Waals surface area contributed by atoms with Gasteiger partial charge in [-0.05, 0) is 30.5 Å². The van der Waals surface area contributed by atoms with Crippen LogP contribution in [0.4, 0.5) is 5.69 Å². The van der Waals surface area contributed by atoms with Gasteiger partial charge in [-0.3, -0.25) is 4.79 Å². The Labute approximate surface area is 115 Å². The molecule has 19 heavy (non-hydrogen) atoms. The van der Waals surface area contributed by atoms with Crippen LogP contribution in [0.1, 0.15) is 29.8 Å². The van der Waals surface area contributed by atoms with Gasteiger partial charge in [-0.1, -0.05) is 19.9 Å². The van der Waals surface area contributed by atoms with Crippen LogP contribution in [0.5, 0.6) is 0 Å². The van der Waals surface area contributed by atoms with Gasteiger partial charge < -0.3 is 15.4 Å². The highest BCUT2D eigenvalue weighted by Gasteiger charge is 2.18. The van der Waals surface area contributed by atoms with E-state index in [9.17, 15) is 4.79 Å². The molecular weight excluding hydrogens is 240 g/mol. The van der Waals surface area contributed by atoms with E-state index >= 15 is 0 Å². The highest BCUT2D eigenvalue weighted by Crippen LogP contribution is 2.17. The number of amides is 1. The first kappa shape index (κ1) is 15.5. The number of nitrogens with two attached hydrogens (primary N) is 1. The standard InChI is InChI=1S/C15H24N2O2/c1-11(2)10-17(7-8-19-4)15(18)13-6-5-12(3)9-14(13)16/h5-6,9,11H,7-8,10,16H2,1-4H3. The fourth-order valence-corrected chi connectivity index (χ4v) is 1.97. The molecular formula is C15H24N2O2. The van der Waals surface area contributed by atoms with Crippen molar-refractivity contribution in [2.75, 3.05) is 32.5 Å². The Morgan fingerprint density at radius 3 is 2.63 bits per heavy atom. The van der Waals surface area contributed by atoms with E-state index in [1.165, 1.54) is 0 Å². The first-order valence-corrected chi connectivity index (χ1v) is 6.60. The number of anilines is 1. The van der Waals surface area contributed by atoms with Crippen molar-refractivity contribution in [1.82, 2.24) is 4.90 Å². The van der Waals surface area contributed by atoms with Crippen molar-refractivity contribution in [2.24, 2.45) is 5.92 Å². The average molecular weight is 264 g/mol. The first-order valence-electron chi connectivity index (χ1n) is 6.60. The Bertz CT molecular complexity index is 430. The van der Waals surface area contributed by atoms with Crippen LogP contribution in [0, 0.1) is 12.8 Å². The summed E-state index contributed by atoms with van der Waals surface area (Å²) in [4.78, 5) is 14.3. The number of aryl methyl sites for hydroxylation is 1. The maximum Gasteiger partial charge on any atom is 0.256 e. The number of nitrogen functional groups attached to an aromatic ring is 1. The SMILES string of the molecule is COCCN(CC(C)C)C(=O)c1ccc(C)cc1N. The zero-order valence-corrected chi connectivity index (χ0v) is 12.3. The smallest absolute Gasteiger partial charge is 0.256 e. The Kier molecular flexibility index (Phi) is 5.83. The quantitative estimate of drug-likeness (QED) is 0.802. The van der Waals surface area contributed by atoms with Crippen molar-refractivity contribution in [2.45, 2.75) is 20.8 Å². The number of carbonyl (C=O) groups is 1. The first-order chi connectivity index (χ1) is 8.95. The number of benzene rings is 1. The maximum absolute atomic E-state index is 12.5. The molecule has 4 nitrogen and oxygen atoms in total. The number of methoxy groups -OCH3 is 1. The molecule has 4 heteroatoms. The maximum atomic E-state index is 12.5. The van der Waals surface area contributed by atoms with Gasteiger partial charge in [0, 0.05) is 25.9 Å². The lowest BCUT2D eigenvalue weighted by molar-refractivity contribution is 0.0673. The van der Waals surface area contributed by atoms with Gasteiger partial charge in [-0.15, -0.1) is 0 Å². The summed E-state index contributed by atoms with van der Waals surface area (Å²) in [6, 6.07) is 5.54. The summed E-state index contributed by atoms with van der Waals surface area (Å²) in [5, 5.41) is 0. The van der Waals surface area contributed by atoms with Crippen molar-refractivity contribution in [1.29, 1.82) is 0 Å². The van der Waals surface area contributed by atoms with Crippen molar-refractivity contribution in [3.63, 3.8) is 0 Å². The fraction of sp³-hybridized carbons (Fsp3) is 0.533. The molecule has 0 saturated heterocycles. The zero-order chi connectivity index (χ0) is 14.4. The van der Waals surface area contributed by atoms with Gasteiger partial charge in [0.25, 0.3) is 5.91 Å². The molecule has 1 rings (SSSR count). The Hall–Kier alpha value is -1.55. The van der Waals surface area contributed by atoms with E-state index in [4.69, 9.17) is 10.5 Å². The largest absolute Gasteiger partial charge is 0.398 e. The molecule has 0 bridgehead atoms. The van der Waals surface area contributed by atoms with Gasteiger partial charge in [-0.2, -0.15) is 0 Å². The van der Waals surface area contributed by atoms with E-state index in [0.29, 0.717) is 36.9 Å². The third kappa shape index (κ3) is 4.56. The summed E-state index contributed by atoms with van der Waals surface area (Å²) in [6.07, 6.45) is 0. The lowest BCUT2D eigenvalue weighted by atomic mass is 10.1. The minimum absolute atomic E-state index is 0.0248. The molecule has 0 heterocycles. The van der Waals surface area contributed by atoms with Gasteiger partial charge in [0.1, 0.15) is 0 Å². The summed E-state index contributed by atoms with van der Waals surface area (Å²) in [5.74, 6) is 0.385. The molecule has 0 fully saturated rings. The van der Waals surface area contributed by atoms with Crippen LogP contribution in [-0.2, 0) is 4.74 Å². The minimum Gasteiger partial charge on any atom is -0.398 e. The Morgan fingerprint density at radius 2 is 2.11 bits per heavy atom. The van der Waals surface area contributed by atoms with Crippen molar-refractivity contribution < 1.29 is 9.53 Å². The Morgan fingerprint density at radius 1 is 1.42 bits per heavy atom. The molecule has 0 aliphatic heterocycles. The third-order valence-corrected chi connectivity index (χ3v) is 2.88. The van der Waals surface area contributed by atoms with Gasteiger partial charge in [0.15, 0.2) is 0 Å². The molecule has 1 aromatic rings. The van der Waals surface area contributed by atoms with E-state index in [1.54, 1.807) is 18.1 Å². The fourth-order valence-electron chi connectivity index (χ4n) is 1.97. The number of nitrogens with zero attached hydrogens (tertiary/aromatic N) is 1. The number of hydrogen-bond donors (Lipinski definition) is 1. The van der Waals surface area contributed by atoms with Crippen LogP contribution < -0.4 is 5.73 Å². The molecule has 0 aromatic heterocycles. The van der Waals surface area contributed by atoms with E-state index in [0.717, 1.165) is 5.56 Å². The van der Waals surface area contributed by atoms with Gasteiger partial charge >= 0.3 is 0 Å². The van der Waals surface area contributed by atoms with Crippen LogP contribution in [0.25, 0.3) is 0 Å². The van der Waals surface area contributed by atoms with E-state index in [1.807, 2.05) is 19.1 Å². The molecule has 0 spiro atoms. The van der Waals surface area contributed by atoms with Crippen molar-refractivity contribution >= 4 is 11.6 Å². The molecule has 0 saturated carbocycles. The molecule has 2 N–H and O–H groups in total. The highest BCUT2D eigenvalue weighted by atomic mass is 16.5. The number of ether oxygens (including phenoxy) is 1. The topological polar surface area (TPSA) is 55.6 Å². The van der Waals surface area contributed by atoms with Gasteiger partial charge in [0.05, 0.1) is 12.2 Å². The molecule has 1 aromatic carbocycles. The molecule has 0 aliphatic rings.